The van der Waals surface area contributed by atoms with Crippen molar-refractivity contribution in [1.29, 1.82) is 0 Å². The summed E-state index contributed by atoms with van der Waals surface area (Å²) >= 11 is 0. The van der Waals surface area contributed by atoms with Gasteiger partial charge in [-0.1, -0.05) is 45.9 Å². The highest BCUT2D eigenvalue weighted by Gasteiger charge is 2.12. The minimum atomic E-state index is 0.520. The molecule has 2 nitrogen and oxygen atoms in total. The maximum Gasteiger partial charge on any atom is 0.0528 e. The van der Waals surface area contributed by atoms with Gasteiger partial charge in [-0.3, -0.25) is 0 Å². The van der Waals surface area contributed by atoms with Gasteiger partial charge in [-0.05, 0) is 29.9 Å². The summed E-state index contributed by atoms with van der Waals surface area (Å²) < 4.78 is 2.46. The Labute approximate surface area is 116 Å². The zero-order chi connectivity index (χ0) is 13.8. The third-order valence-electron chi connectivity index (χ3n) is 3.86. The fourth-order valence-electron chi connectivity index (χ4n) is 2.74. The Morgan fingerprint density at radius 1 is 1.11 bits per heavy atom. The smallest absolute Gasteiger partial charge is 0.0528 e. The van der Waals surface area contributed by atoms with Crippen molar-refractivity contribution in [3.05, 3.63) is 36.0 Å². The van der Waals surface area contributed by atoms with Gasteiger partial charge in [-0.2, -0.15) is 0 Å². The van der Waals surface area contributed by atoms with Crippen molar-refractivity contribution in [2.45, 2.75) is 59.2 Å². The van der Waals surface area contributed by atoms with Crippen molar-refractivity contribution in [1.82, 2.24) is 9.88 Å². The van der Waals surface area contributed by atoms with Crippen LogP contribution >= 0.6 is 0 Å². The Morgan fingerprint density at radius 2 is 1.84 bits per heavy atom. The van der Waals surface area contributed by atoms with Gasteiger partial charge in [-0.25, -0.2) is 0 Å². The van der Waals surface area contributed by atoms with E-state index in [0.717, 1.165) is 6.54 Å². The summed E-state index contributed by atoms with van der Waals surface area (Å²) in [5.41, 5.74) is 2.81. The summed E-state index contributed by atoms with van der Waals surface area (Å²) in [6, 6.07) is 10.00. The quantitative estimate of drug-likeness (QED) is 0.807. The Hall–Kier alpha value is -1.28. The number of benzene rings is 1. The van der Waals surface area contributed by atoms with E-state index >= 15 is 0 Å². The molecule has 0 saturated carbocycles. The molecule has 0 aliphatic heterocycles. The van der Waals surface area contributed by atoms with Crippen LogP contribution in [-0.4, -0.2) is 10.6 Å². The molecule has 0 atom stereocenters. The number of fused-ring (bicyclic) bond motifs is 1. The van der Waals surface area contributed by atoms with Gasteiger partial charge >= 0.3 is 0 Å². The average molecular weight is 258 g/mol. The molecule has 2 heteroatoms. The van der Waals surface area contributed by atoms with Crippen LogP contribution in [0.4, 0.5) is 0 Å². The van der Waals surface area contributed by atoms with Crippen LogP contribution < -0.4 is 5.32 Å². The summed E-state index contributed by atoms with van der Waals surface area (Å²) in [5, 5.41) is 4.89. The summed E-state index contributed by atoms with van der Waals surface area (Å²) in [6.07, 6.45) is 4.62. The van der Waals surface area contributed by atoms with Crippen LogP contribution in [-0.2, 0) is 6.54 Å². The van der Waals surface area contributed by atoms with Crippen molar-refractivity contribution in [2.75, 3.05) is 0 Å². The maximum atomic E-state index is 3.53. The van der Waals surface area contributed by atoms with E-state index in [9.17, 15) is 0 Å². The number of nitrogens with zero attached hydrogens (tertiary/aromatic N) is 1. The molecule has 0 unspecified atom stereocenters. The highest BCUT2D eigenvalue weighted by molar-refractivity contribution is 5.83. The molecule has 0 amide bonds. The van der Waals surface area contributed by atoms with Gasteiger partial charge in [0, 0.05) is 24.8 Å². The fraction of sp³-hybridized carbons (Fsp3) is 0.529. The van der Waals surface area contributed by atoms with Gasteiger partial charge in [-0.15, -0.1) is 0 Å². The van der Waals surface area contributed by atoms with Gasteiger partial charge in [0.05, 0.1) is 5.52 Å². The lowest BCUT2D eigenvalue weighted by Crippen LogP contribution is -2.22. The predicted octanol–water partition coefficient (Wildman–Crippen LogP) is 4.50. The number of para-hydroxylation sites is 1. The summed E-state index contributed by atoms with van der Waals surface area (Å²) in [5.74, 6) is 0. The van der Waals surface area contributed by atoms with E-state index in [4.69, 9.17) is 0 Å². The van der Waals surface area contributed by atoms with Crippen LogP contribution in [0.2, 0.25) is 0 Å². The van der Waals surface area contributed by atoms with E-state index in [1.807, 2.05) is 0 Å². The lowest BCUT2D eigenvalue weighted by atomic mass is 10.1. The molecule has 2 aromatic rings. The Morgan fingerprint density at radius 3 is 2.47 bits per heavy atom. The molecule has 0 bridgehead atoms. The van der Waals surface area contributed by atoms with E-state index < -0.39 is 0 Å². The standard InChI is InChI=1S/C17H26N2/c1-5-16(6-2)19-11-10-14-8-7-9-15(17(14)19)12-18-13(3)4/h7-11,13,16,18H,5-6,12H2,1-4H3. The van der Waals surface area contributed by atoms with Crippen molar-refractivity contribution >= 4 is 10.9 Å². The molecule has 104 valence electrons. The van der Waals surface area contributed by atoms with Crippen molar-refractivity contribution in [3.63, 3.8) is 0 Å². The third-order valence-corrected chi connectivity index (χ3v) is 3.86. The highest BCUT2D eigenvalue weighted by Crippen LogP contribution is 2.27. The van der Waals surface area contributed by atoms with E-state index in [2.05, 4.69) is 68.0 Å². The zero-order valence-corrected chi connectivity index (χ0v) is 12.6. The Balaban J connectivity index is 2.42. The first kappa shape index (κ1) is 14.1. The maximum absolute atomic E-state index is 3.53. The molecule has 0 aliphatic rings. The molecule has 1 aromatic heterocycles. The number of aromatic nitrogens is 1. The van der Waals surface area contributed by atoms with Crippen LogP contribution in [0, 0.1) is 0 Å². The second kappa shape index (κ2) is 6.25. The average Bonchev–Trinajstić information content (AvgIpc) is 2.82. The zero-order valence-electron chi connectivity index (χ0n) is 12.6. The lowest BCUT2D eigenvalue weighted by molar-refractivity contribution is 0.484. The summed E-state index contributed by atoms with van der Waals surface area (Å²) in [6.45, 7) is 9.88. The van der Waals surface area contributed by atoms with Crippen LogP contribution in [0.25, 0.3) is 10.9 Å². The number of hydrogen-bond acceptors (Lipinski definition) is 1. The molecule has 0 radical (unpaired) electrons. The Bertz CT molecular complexity index is 521. The number of hydrogen-bond donors (Lipinski definition) is 1. The van der Waals surface area contributed by atoms with Gasteiger partial charge in [0.25, 0.3) is 0 Å². The lowest BCUT2D eigenvalue weighted by Gasteiger charge is -2.19. The van der Waals surface area contributed by atoms with Gasteiger partial charge in [0.1, 0.15) is 0 Å². The molecule has 0 spiro atoms. The summed E-state index contributed by atoms with van der Waals surface area (Å²) in [7, 11) is 0. The monoisotopic (exact) mass is 258 g/mol. The van der Waals surface area contributed by atoms with Crippen LogP contribution in [0.3, 0.4) is 0 Å². The number of rotatable bonds is 6. The molecule has 1 heterocycles. The van der Waals surface area contributed by atoms with Crippen molar-refractivity contribution in [2.24, 2.45) is 0 Å². The topological polar surface area (TPSA) is 17.0 Å². The molecule has 1 aromatic carbocycles. The van der Waals surface area contributed by atoms with Crippen molar-refractivity contribution in [3.8, 4) is 0 Å². The SMILES string of the molecule is CCC(CC)n1ccc2cccc(CNC(C)C)c21. The first-order valence-corrected chi connectivity index (χ1v) is 7.49. The summed E-state index contributed by atoms with van der Waals surface area (Å²) in [4.78, 5) is 0. The normalized spacial score (nSPS) is 11.9. The highest BCUT2D eigenvalue weighted by atomic mass is 15.0. The van der Waals surface area contributed by atoms with E-state index in [-0.39, 0.29) is 0 Å². The van der Waals surface area contributed by atoms with Gasteiger partial charge in [0.15, 0.2) is 0 Å². The molecule has 0 aliphatic carbocycles. The van der Waals surface area contributed by atoms with Crippen LogP contribution in [0.5, 0.6) is 0 Å². The van der Waals surface area contributed by atoms with Crippen LogP contribution in [0.15, 0.2) is 30.5 Å². The largest absolute Gasteiger partial charge is 0.344 e. The minimum absolute atomic E-state index is 0.520. The van der Waals surface area contributed by atoms with E-state index in [0.29, 0.717) is 12.1 Å². The van der Waals surface area contributed by atoms with Gasteiger partial charge < -0.3 is 9.88 Å². The van der Waals surface area contributed by atoms with Crippen LogP contribution in [0.1, 0.15) is 52.1 Å². The van der Waals surface area contributed by atoms with Gasteiger partial charge in [0.2, 0.25) is 0 Å². The second-order valence-corrected chi connectivity index (χ2v) is 5.58. The molecule has 0 fully saturated rings. The molecule has 2 rings (SSSR count). The molecular weight excluding hydrogens is 232 g/mol. The number of nitrogens with one attached hydrogen (secondary N) is 1. The van der Waals surface area contributed by atoms with Crippen molar-refractivity contribution < 1.29 is 0 Å². The molecular formula is C17H26N2. The first-order chi connectivity index (χ1) is 9.17. The third kappa shape index (κ3) is 3.01. The molecule has 19 heavy (non-hydrogen) atoms. The minimum Gasteiger partial charge on any atom is -0.344 e. The Kier molecular flexibility index (Phi) is 4.65. The second-order valence-electron chi connectivity index (χ2n) is 5.58. The molecule has 1 N–H and O–H groups in total. The van der Waals surface area contributed by atoms with E-state index in [1.165, 1.54) is 29.3 Å². The first-order valence-electron chi connectivity index (χ1n) is 7.49. The molecule has 0 saturated heterocycles. The fourth-order valence-corrected chi connectivity index (χ4v) is 2.74. The predicted molar refractivity (Wildman–Crippen MR) is 83.5 cm³/mol. The van der Waals surface area contributed by atoms with E-state index in [1.54, 1.807) is 0 Å².